The van der Waals surface area contributed by atoms with Crippen LogP contribution in [0.4, 0.5) is 0 Å². The van der Waals surface area contributed by atoms with E-state index < -0.39 is 0 Å². The molecule has 4 unspecified atom stereocenters. The first-order chi connectivity index (χ1) is 5.27. The fourth-order valence-corrected chi connectivity index (χ4v) is 3.11. The summed E-state index contributed by atoms with van der Waals surface area (Å²) in [6.07, 6.45) is 3.09. The zero-order valence-electron chi connectivity index (χ0n) is 6.79. The van der Waals surface area contributed by atoms with Gasteiger partial charge in [-0.05, 0) is 25.3 Å². The van der Waals surface area contributed by atoms with Gasteiger partial charge in [0.2, 0.25) is 0 Å². The highest BCUT2D eigenvalue weighted by atomic mass is 16.1. The molecule has 1 saturated carbocycles. The van der Waals surface area contributed by atoms with E-state index in [1.54, 1.807) is 0 Å². The summed E-state index contributed by atoms with van der Waals surface area (Å²) in [6.45, 7) is 0. The maximum atomic E-state index is 11.2. The number of nitrogens with zero attached hydrogens (tertiary/aromatic N) is 1. The lowest BCUT2D eigenvalue weighted by atomic mass is 9.97. The third-order valence-corrected chi connectivity index (χ3v) is 3.80. The van der Waals surface area contributed by atoms with E-state index in [1.807, 2.05) is 0 Å². The van der Waals surface area contributed by atoms with Crippen molar-refractivity contribution in [2.75, 3.05) is 7.05 Å². The molecule has 2 heterocycles. The number of ketones is 1. The van der Waals surface area contributed by atoms with Gasteiger partial charge in [0.15, 0.2) is 0 Å². The number of fused-ring (bicyclic) bond motifs is 5. The van der Waals surface area contributed by atoms with Crippen molar-refractivity contribution < 1.29 is 4.79 Å². The maximum Gasteiger partial charge on any atom is 0.136 e. The van der Waals surface area contributed by atoms with Crippen LogP contribution >= 0.6 is 0 Å². The molecule has 0 aromatic carbocycles. The number of piperidine rings is 2. The fraction of sp³-hybridized carbons (Fsp3) is 0.889. The van der Waals surface area contributed by atoms with Crippen LogP contribution in [0.2, 0.25) is 0 Å². The Bertz CT molecular complexity index is 206. The SMILES string of the molecule is CN1C2CC(=O)CC1C1CC12. The van der Waals surface area contributed by atoms with Crippen molar-refractivity contribution in [3.05, 3.63) is 0 Å². The number of carbonyl (C=O) groups is 1. The second-order valence-electron chi connectivity index (χ2n) is 4.31. The summed E-state index contributed by atoms with van der Waals surface area (Å²) in [5.74, 6) is 2.30. The van der Waals surface area contributed by atoms with Crippen molar-refractivity contribution in [1.29, 1.82) is 0 Å². The van der Waals surface area contributed by atoms with Gasteiger partial charge in [0, 0.05) is 24.9 Å². The monoisotopic (exact) mass is 151 g/mol. The van der Waals surface area contributed by atoms with E-state index >= 15 is 0 Å². The van der Waals surface area contributed by atoms with Crippen LogP contribution in [0.3, 0.4) is 0 Å². The van der Waals surface area contributed by atoms with Crippen LogP contribution in [0.1, 0.15) is 19.3 Å². The topological polar surface area (TPSA) is 20.3 Å². The molecule has 2 aliphatic heterocycles. The Balaban J connectivity index is 1.95. The molecule has 4 atom stereocenters. The summed E-state index contributed by atoms with van der Waals surface area (Å²) in [5, 5.41) is 0. The van der Waals surface area contributed by atoms with Gasteiger partial charge < -0.3 is 0 Å². The van der Waals surface area contributed by atoms with E-state index in [4.69, 9.17) is 0 Å². The molecule has 11 heavy (non-hydrogen) atoms. The molecule has 3 aliphatic rings. The lowest BCUT2D eigenvalue weighted by molar-refractivity contribution is -0.123. The van der Waals surface area contributed by atoms with E-state index in [1.165, 1.54) is 6.42 Å². The standard InChI is InChI=1S/C9H13NO/c1-10-8-2-5(11)3-9(10)7-4-6(7)8/h6-9H,2-4H2,1H3. The highest BCUT2D eigenvalue weighted by Crippen LogP contribution is 2.56. The average Bonchev–Trinajstić information content (AvgIpc) is 2.66. The van der Waals surface area contributed by atoms with Gasteiger partial charge in [-0.2, -0.15) is 0 Å². The zero-order chi connectivity index (χ0) is 7.59. The second-order valence-corrected chi connectivity index (χ2v) is 4.31. The third-order valence-electron chi connectivity index (χ3n) is 3.80. The lowest BCUT2D eigenvalue weighted by Crippen LogP contribution is -2.43. The minimum atomic E-state index is 0.505. The minimum Gasteiger partial charge on any atom is -0.300 e. The molecule has 0 aromatic heterocycles. The summed E-state index contributed by atoms with van der Waals surface area (Å²) < 4.78 is 0. The highest BCUT2D eigenvalue weighted by Gasteiger charge is 2.59. The van der Waals surface area contributed by atoms with Crippen LogP contribution < -0.4 is 0 Å². The maximum absolute atomic E-state index is 11.2. The van der Waals surface area contributed by atoms with Crippen molar-refractivity contribution in [3.8, 4) is 0 Å². The smallest absolute Gasteiger partial charge is 0.136 e. The van der Waals surface area contributed by atoms with Crippen molar-refractivity contribution in [2.45, 2.75) is 31.3 Å². The third kappa shape index (κ3) is 0.639. The second kappa shape index (κ2) is 1.69. The molecule has 60 valence electrons. The molecule has 2 bridgehead atoms. The van der Waals surface area contributed by atoms with E-state index in [9.17, 15) is 4.79 Å². The van der Waals surface area contributed by atoms with Gasteiger partial charge in [-0.3, -0.25) is 9.69 Å². The van der Waals surface area contributed by atoms with Gasteiger partial charge in [-0.25, -0.2) is 0 Å². The van der Waals surface area contributed by atoms with E-state index in [0.717, 1.165) is 24.7 Å². The van der Waals surface area contributed by atoms with Crippen molar-refractivity contribution in [1.82, 2.24) is 4.90 Å². The Hall–Kier alpha value is -0.370. The molecule has 1 aliphatic carbocycles. The van der Waals surface area contributed by atoms with Gasteiger partial charge >= 0.3 is 0 Å². The van der Waals surface area contributed by atoms with Crippen molar-refractivity contribution in [2.24, 2.45) is 11.8 Å². The van der Waals surface area contributed by atoms with E-state index in [0.29, 0.717) is 17.9 Å². The van der Waals surface area contributed by atoms with Crippen molar-refractivity contribution >= 4 is 5.78 Å². The van der Waals surface area contributed by atoms with E-state index in [2.05, 4.69) is 11.9 Å². The first-order valence-corrected chi connectivity index (χ1v) is 4.51. The molecular formula is C9H13NO. The Kier molecular flexibility index (Phi) is 0.947. The molecule has 3 rings (SSSR count). The van der Waals surface area contributed by atoms with Crippen LogP contribution in [0.25, 0.3) is 0 Å². The summed E-state index contributed by atoms with van der Waals surface area (Å²) in [5.41, 5.74) is 0. The Morgan fingerprint density at radius 1 is 1.27 bits per heavy atom. The molecule has 2 nitrogen and oxygen atoms in total. The molecule has 0 spiro atoms. The van der Waals surface area contributed by atoms with Crippen LogP contribution in [0.5, 0.6) is 0 Å². The molecule has 0 radical (unpaired) electrons. The summed E-state index contributed by atoms with van der Waals surface area (Å²) >= 11 is 0. The molecule has 0 aromatic rings. The Labute approximate surface area is 66.6 Å². The predicted octanol–water partition coefficient (Wildman–Crippen LogP) is 0.668. The molecule has 3 fully saturated rings. The summed E-state index contributed by atoms with van der Waals surface area (Å²) in [6, 6.07) is 1.26. The first-order valence-electron chi connectivity index (χ1n) is 4.51. The fourth-order valence-electron chi connectivity index (χ4n) is 3.11. The van der Waals surface area contributed by atoms with Gasteiger partial charge in [0.1, 0.15) is 5.78 Å². The first kappa shape index (κ1) is 6.18. The van der Waals surface area contributed by atoms with Gasteiger partial charge in [-0.15, -0.1) is 0 Å². The van der Waals surface area contributed by atoms with Gasteiger partial charge in [0.25, 0.3) is 0 Å². The zero-order valence-corrected chi connectivity index (χ0v) is 6.79. The molecule has 0 amide bonds. The molecule has 2 heteroatoms. The highest BCUT2D eigenvalue weighted by molar-refractivity contribution is 5.81. The lowest BCUT2D eigenvalue weighted by Gasteiger charge is -2.33. The van der Waals surface area contributed by atoms with Gasteiger partial charge in [-0.1, -0.05) is 0 Å². The van der Waals surface area contributed by atoms with Crippen LogP contribution in [0.15, 0.2) is 0 Å². The molecular weight excluding hydrogens is 138 g/mol. The van der Waals surface area contributed by atoms with Crippen LogP contribution in [-0.4, -0.2) is 29.8 Å². The van der Waals surface area contributed by atoms with Gasteiger partial charge in [0.05, 0.1) is 0 Å². The number of carbonyl (C=O) groups excluding carboxylic acids is 1. The minimum absolute atomic E-state index is 0.505. The normalized spacial score (nSPS) is 54.5. The Morgan fingerprint density at radius 3 is 2.36 bits per heavy atom. The predicted molar refractivity (Wildman–Crippen MR) is 41.2 cm³/mol. The number of hydrogen-bond acceptors (Lipinski definition) is 2. The molecule has 2 saturated heterocycles. The average molecular weight is 151 g/mol. The number of rotatable bonds is 0. The summed E-state index contributed by atoms with van der Waals surface area (Å²) in [7, 11) is 2.19. The quantitative estimate of drug-likeness (QED) is 0.507. The summed E-state index contributed by atoms with van der Waals surface area (Å²) in [4.78, 5) is 13.7. The van der Waals surface area contributed by atoms with Crippen LogP contribution in [0, 0.1) is 11.8 Å². The number of Topliss-reactive ketones (excluding diaryl/α,β-unsaturated/α-hetero) is 1. The Morgan fingerprint density at radius 2 is 1.82 bits per heavy atom. The molecule has 0 N–H and O–H groups in total. The van der Waals surface area contributed by atoms with Crippen molar-refractivity contribution in [3.63, 3.8) is 0 Å². The van der Waals surface area contributed by atoms with Crippen LogP contribution in [-0.2, 0) is 4.79 Å². The number of hydrogen-bond donors (Lipinski definition) is 0. The largest absolute Gasteiger partial charge is 0.300 e. The van der Waals surface area contributed by atoms with E-state index in [-0.39, 0.29) is 0 Å².